The summed E-state index contributed by atoms with van der Waals surface area (Å²) in [6.45, 7) is 8.25. The van der Waals surface area contributed by atoms with E-state index < -0.39 is 0 Å². The molecule has 1 aliphatic heterocycles. The van der Waals surface area contributed by atoms with Crippen molar-refractivity contribution >= 4 is 11.5 Å². The SMILES string of the molecule is CCCOc1ncnc(NCCCN2CCOCC2)c1N. The highest BCUT2D eigenvalue weighted by Crippen LogP contribution is 2.24. The summed E-state index contributed by atoms with van der Waals surface area (Å²) in [7, 11) is 0. The second-order valence-corrected chi connectivity index (χ2v) is 5.02. The van der Waals surface area contributed by atoms with Gasteiger partial charge in [0, 0.05) is 19.6 Å². The summed E-state index contributed by atoms with van der Waals surface area (Å²) in [5, 5.41) is 3.26. The summed E-state index contributed by atoms with van der Waals surface area (Å²) in [6, 6.07) is 0. The molecule has 0 radical (unpaired) electrons. The fraction of sp³-hybridized carbons (Fsp3) is 0.714. The molecule has 1 fully saturated rings. The number of nitrogen functional groups attached to an aromatic ring is 1. The second kappa shape index (κ2) is 8.63. The van der Waals surface area contributed by atoms with Gasteiger partial charge < -0.3 is 20.5 Å². The molecule has 0 spiro atoms. The highest BCUT2D eigenvalue weighted by molar-refractivity contribution is 5.66. The van der Waals surface area contributed by atoms with Crippen LogP contribution < -0.4 is 15.8 Å². The summed E-state index contributed by atoms with van der Waals surface area (Å²) in [5.74, 6) is 1.11. The van der Waals surface area contributed by atoms with Crippen molar-refractivity contribution in [2.45, 2.75) is 19.8 Å². The Morgan fingerprint density at radius 2 is 2.19 bits per heavy atom. The number of hydrogen-bond donors (Lipinski definition) is 2. The van der Waals surface area contributed by atoms with Crippen LogP contribution in [0.5, 0.6) is 5.88 Å². The average molecular weight is 295 g/mol. The quantitative estimate of drug-likeness (QED) is 0.691. The van der Waals surface area contributed by atoms with Gasteiger partial charge in [0.05, 0.1) is 19.8 Å². The minimum Gasteiger partial charge on any atom is -0.476 e. The molecule has 1 aromatic rings. The van der Waals surface area contributed by atoms with Gasteiger partial charge in [-0.15, -0.1) is 0 Å². The van der Waals surface area contributed by atoms with Crippen LogP contribution in [0, 0.1) is 0 Å². The highest BCUT2D eigenvalue weighted by atomic mass is 16.5. The van der Waals surface area contributed by atoms with Crippen LogP contribution in [0.15, 0.2) is 6.33 Å². The van der Waals surface area contributed by atoms with Crippen molar-refractivity contribution in [3.63, 3.8) is 0 Å². The molecule has 7 heteroatoms. The van der Waals surface area contributed by atoms with Gasteiger partial charge in [0.25, 0.3) is 0 Å². The van der Waals surface area contributed by atoms with Gasteiger partial charge in [0.2, 0.25) is 5.88 Å². The Labute approximate surface area is 125 Å². The summed E-state index contributed by atoms with van der Waals surface area (Å²) in [5.41, 5.74) is 6.49. The topological polar surface area (TPSA) is 85.5 Å². The minimum absolute atomic E-state index is 0.461. The average Bonchev–Trinajstić information content (AvgIpc) is 2.53. The van der Waals surface area contributed by atoms with Crippen LogP contribution in [0.2, 0.25) is 0 Å². The van der Waals surface area contributed by atoms with Crippen LogP contribution in [-0.4, -0.2) is 60.9 Å². The van der Waals surface area contributed by atoms with Crippen LogP contribution in [0.3, 0.4) is 0 Å². The maximum absolute atomic E-state index is 6.01. The molecule has 3 N–H and O–H groups in total. The number of ether oxygens (including phenoxy) is 2. The van der Waals surface area contributed by atoms with Crippen molar-refractivity contribution < 1.29 is 9.47 Å². The zero-order chi connectivity index (χ0) is 14.9. The summed E-state index contributed by atoms with van der Waals surface area (Å²) in [4.78, 5) is 10.6. The first-order chi connectivity index (χ1) is 10.3. The summed E-state index contributed by atoms with van der Waals surface area (Å²) < 4.78 is 10.8. The molecular formula is C14H25N5O2. The first-order valence-corrected chi connectivity index (χ1v) is 7.58. The molecular weight excluding hydrogens is 270 g/mol. The van der Waals surface area contributed by atoms with Crippen LogP contribution in [0.4, 0.5) is 11.5 Å². The third-order valence-electron chi connectivity index (χ3n) is 3.34. The van der Waals surface area contributed by atoms with Gasteiger partial charge in [0.1, 0.15) is 12.0 Å². The van der Waals surface area contributed by atoms with Gasteiger partial charge in [-0.25, -0.2) is 4.98 Å². The predicted octanol–water partition coefficient (Wildman–Crippen LogP) is 0.982. The smallest absolute Gasteiger partial charge is 0.242 e. The highest BCUT2D eigenvalue weighted by Gasteiger charge is 2.11. The first kappa shape index (κ1) is 15.8. The minimum atomic E-state index is 0.461. The third kappa shape index (κ3) is 5.02. The van der Waals surface area contributed by atoms with E-state index in [0.29, 0.717) is 24.0 Å². The predicted molar refractivity (Wildman–Crippen MR) is 82.6 cm³/mol. The number of nitrogens with one attached hydrogen (secondary N) is 1. The number of hydrogen-bond acceptors (Lipinski definition) is 7. The zero-order valence-corrected chi connectivity index (χ0v) is 12.7. The standard InChI is InChI=1S/C14H25N5O2/c1-2-8-21-14-12(15)13(17-11-18-14)16-4-3-5-19-6-9-20-10-7-19/h11H,2-10,15H2,1H3,(H,16,17,18). The van der Waals surface area contributed by atoms with Crippen LogP contribution in [-0.2, 0) is 4.74 Å². The zero-order valence-electron chi connectivity index (χ0n) is 12.7. The largest absolute Gasteiger partial charge is 0.476 e. The van der Waals surface area contributed by atoms with E-state index in [2.05, 4.69) is 20.2 Å². The van der Waals surface area contributed by atoms with E-state index in [9.17, 15) is 0 Å². The first-order valence-electron chi connectivity index (χ1n) is 7.58. The lowest BCUT2D eigenvalue weighted by Crippen LogP contribution is -2.37. The van der Waals surface area contributed by atoms with Gasteiger partial charge in [-0.1, -0.05) is 6.92 Å². The number of anilines is 2. The van der Waals surface area contributed by atoms with E-state index >= 15 is 0 Å². The van der Waals surface area contributed by atoms with E-state index in [-0.39, 0.29) is 0 Å². The molecule has 7 nitrogen and oxygen atoms in total. The van der Waals surface area contributed by atoms with E-state index in [1.165, 1.54) is 6.33 Å². The normalized spacial score (nSPS) is 15.9. The molecule has 0 amide bonds. The molecule has 0 bridgehead atoms. The Morgan fingerprint density at radius 3 is 2.95 bits per heavy atom. The third-order valence-corrected chi connectivity index (χ3v) is 3.34. The molecule has 0 unspecified atom stereocenters. The Morgan fingerprint density at radius 1 is 1.38 bits per heavy atom. The van der Waals surface area contributed by atoms with Gasteiger partial charge >= 0.3 is 0 Å². The van der Waals surface area contributed by atoms with Gasteiger partial charge in [-0.3, -0.25) is 4.90 Å². The second-order valence-electron chi connectivity index (χ2n) is 5.02. The Bertz CT molecular complexity index is 424. The van der Waals surface area contributed by atoms with Crippen LogP contribution in [0.1, 0.15) is 19.8 Å². The van der Waals surface area contributed by atoms with Gasteiger partial charge in [-0.2, -0.15) is 4.98 Å². The number of nitrogens with zero attached hydrogens (tertiary/aromatic N) is 3. The molecule has 2 rings (SSSR count). The van der Waals surface area contributed by atoms with E-state index in [1.54, 1.807) is 0 Å². The molecule has 0 aromatic carbocycles. The van der Waals surface area contributed by atoms with E-state index in [4.69, 9.17) is 15.2 Å². The molecule has 21 heavy (non-hydrogen) atoms. The Kier molecular flexibility index (Phi) is 6.49. The number of morpholine rings is 1. The monoisotopic (exact) mass is 295 g/mol. The molecule has 118 valence electrons. The number of aromatic nitrogens is 2. The van der Waals surface area contributed by atoms with Crippen molar-refractivity contribution in [1.29, 1.82) is 0 Å². The molecule has 0 saturated carbocycles. The summed E-state index contributed by atoms with van der Waals surface area (Å²) in [6.07, 6.45) is 3.44. The van der Waals surface area contributed by atoms with Gasteiger partial charge in [0.15, 0.2) is 5.82 Å². The molecule has 2 heterocycles. The maximum Gasteiger partial charge on any atom is 0.242 e. The van der Waals surface area contributed by atoms with E-state index in [1.807, 2.05) is 6.92 Å². The van der Waals surface area contributed by atoms with E-state index in [0.717, 1.165) is 52.2 Å². The van der Waals surface area contributed by atoms with Crippen molar-refractivity contribution in [3.05, 3.63) is 6.33 Å². The molecule has 1 aliphatic rings. The number of nitrogens with two attached hydrogens (primary N) is 1. The van der Waals surface area contributed by atoms with Crippen molar-refractivity contribution in [2.75, 3.05) is 57.1 Å². The van der Waals surface area contributed by atoms with Gasteiger partial charge in [-0.05, 0) is 19.4 Å². The number of rotatable bonds is 8. The van der Waals surface area contributed by atoms with Crippen LogP contribution in [0.25, 0.3) is 0 Å². The van der Waals surface area contributed by atoms with Crippen molar-refractivity contribution in [2.24, 2.45) is 0 Å². The lowest BCUT2D eigenvalue weighted by Gasteiger charge is -2.26. The van der Waals surface area contributed by atoms with Crippen molar-refractivity contribution in [3.8, 4) is 5.88 Å². The fourth-order valence-electron chi connectivity index (χ4n) is 2.17. The molecule has 1 saturated heterocycles. The molecule has 0 aliphatic carbocycles. The lowest BCUT2D eigenvalue weighted by atomic mass is 10.3. The molecule has 1 aromatic heterocycles. The summed E-state index contributed by atoms with van der Waals surface area (Å²) >= 11 is 0. The lowest BCUT2D eigenvalue weighted by molar-refractivity contribution is 0.0378. The fourth-order valence-corrected chi connectivity index (χ4v) is 2.17. The van der Waals surface area contributed by atoms with Crippen LogP contribution >= 0.6 is 0 Å². The van der Waals surface area contributed by atoms with Crippen molar-refractivity contribution in [1.82, 2.24) is 14.9 Å². The Balaban J connectivity index is 1.74. The Hall–Kier alpha value is -1.60. The molecule has 0 atom stereocenters. The maximum atomic E-state index is 6.01.